The van der Waals surface area contributed by atoms with Crippen LogP contribution in [0.5, 0.6) is 11.5 Å². The first-order valence-electron chi connectivity index (χ1n) is 8.11. The van der Waals surface area contributed by atoms with Gasteiger partial charge in [-0.25, -0.2) is 4.39 Å². The Morgan fingerprint density at radius 3 is 2.42 bits per heavy atom. The minimum absolute atomic E-state index is 0.119. The summed E-state index contributed by atoms with van der Waals surface area (Å²) in [7, 11) is 0. The van der Waals surface area contributed by atoms with Crippen LogP contribution >= 0.6 is 11.8 Å². The monoisotopic (exact) mass is 367 g/mol. The molecule has 3 aromatic carbocycles. The number of aryl methyl sites for hydroxylation is 1. The first kappa shape index (κ1) is 18.0. The summed E-state index contributed by atoms with van der Waals surface area (Å²) in [6, 6.07) is 21.1. The number of anilines is 1. The maximum atomic E-state index is 12.9. The van der Waals surface area contributed by atoms with Crippen molar-refractivity contribution in [3.05, 3.63) is 84.2 Å². The maximum Gasteiger partial charge on any atom is 0.234 e. The van der Waals surface area contributed by atoms with Gasteiger partial charge in [0.1, 0.15) is 17.3 Å². The Hall–Kier alpha value is -2.79. The van der Waals surface area contributed by atoms with Crippen LogP contribution < -0.4 is 10.1 Å². The zero-order chi connectivity index (χ0) is 18.4. The zero-order valence-electron chi connectivity index (χ0n) is 14.2. The van der Waals surface area contributed by atoms with Gasteiger partial charge in [0.05, 0.1) is 5.75 Å². The molecular formula is C21H18FNO2S. The van der Waals surface area contributed by atoms with Crippen molar-refractivity contribution in [3.8, 4) is 11.5 Å². The minimum atomic E-state index is -0.285. The van der Waals surface area contributed by atoms with Gasteiger partial charge in [-0.1, -0.05) is 12.1 Å². The number of ether oxygens (including phenoxy) is 1. The molecule has 0 saturated heterocycles. The molecule has 0 bridgehead atoms. The van der Waals surface area contributed by atoms with E-state index in [1.807, 2.05) is 43.3 Å². The van der Waals surface area contributed by atoms with Crippen molar-refractivity contribution in [3.63, 3.8) is 0 Å². The van der Waals surface area contributed by atoms with Crippen molar-refractivity contribution in [2.24, 2.45) is 0 Å². The Kier molecular flexibility index (Phi) is 5.92. The number of nitrogens with one attached hydrogen (secondary N) is 1. The first-order chi connectivity index (χ1) is 12.6. The number of carbonyl (C=O) groups excluding carboxylic acids is 1. The van der Waals surface area contributed by atoms with Crippen LogP contribution in [0.2, 0.25) is 0 Å². The summed E-state index contributed by atoms with van der Waals surface area (Å²) in [5.41, 5.74) is 1.83. The lowest BCUT2D eigenvalue weighted by Gasteiger charge is -2.08. The molecule has 0 heterocycles. The van der Waals surface area contributed by atoms with E-state index in [1.165, 1.54) is 23.9 Å². The summed E-state index contributed by atoms with van der Waals surface area (Å²) in [6.45, 7) is 2.01. The van der Waals surface area contributed by atoms with Crippen LogP contribution in [0.1, 0.15) is 5.56 Å². The van der Waals surface area contributed by atoms with E-state index in [4.69, 9.17) is 4.74 Å². The van der Waals surface area contributed by atoms with Crippen LogP contribution in [0.4, 0.5) is 10.1 Å². The molecule has 0 aromatic heterocycles. The molecule has 0 unspecified atom stereocenters. The summed E-state index contributed by atoms with van der Waals surface area (Å²) < 4.78 is 18.7. The van der Waals surface area contributed by atoms with Crippen LogP contribution in [0.25, 0.3) is 0 Å². The van der Waals surface area contributed by atoms with Crippen LogP contribution in [-0.4, -0.2) is 11.7 Å². The van der Waals surface area contributed by atoms with Gasteiger partial charge in [0.15, 0.2) is 0 Å². The fourth-order valence-corrected chi connectivity index (χ4v) is 3.00. The molecular weight excluding hydrogens is 349 g/mol. The lowest BCUT2D eigenvalue weighted by atomic mass is 10.2. The van der Waals surface area contributed by atoms with Gasteiger partial charge in [-0.15, -0.1) is 11.8 Å². The molecule has 0 atom stereocenters. The Bertz CT molecular complexity index is 879. The summed E-state index contributed by atoms with van der Waals surface area (Å²) >= 11 is 1.36. The second-order valence-corrected chi connectivity index (χ2v) is 6.78. The summed E-state index contributed by atoms with van der Waals surface area (Å²) in [6.07, 6.45) is 0. The van der Waals surface area contributed by atoms with Gasteiger partial charge < -0.3 is 10.1 Å². The van der Waals surface area contributed by atoms with E-state index >= 15 is 0 Å². The van der Waals surface area contributed by atoms with Crippen LogP contribution in [0.15, 0.2) is 77.7 Å². The van der Waals surface area contributed by atoms with E-state index in [9.17, 15) is 9.18 Å². The fraction of sp³-hybridized carbons (Fsp3) is 0.0952. The van der Waals surface area contributed by atoms with Crippen LogP contribution in [0.3, 0.4) is 0 Å². The van der Waals surface area contributed by atoms with Crippen LogP contribution in [-0.2, 0) is 4.79 Å². The third-order valence-corrected chi connectivity index (χ3v) is 4.56. The van der Waals surface area contributed by atoms with Gasteiger partial charge in [-0.05, 0) is 73.2 Å². The molecule has 0 fully saturated rings. The predicted octanol–water partition coefficient (Wildman–Crippen LogP) is 5.66. The second kappa shape index (κ2) is 8.54. The molecule has 3 nitrogen and oxygen atoms in total. The van der Waals surface area contributed by atoms with Crippen molar-refractivity contribution in [2.75, 3.05) is 11.1 Å². The number of hydrogen-bond donors (Lipinski definition) is 1. The Labute approximate surface area is 156 Å². The standard InChI is InChI=1S/C21H18FNO2S/c1-15-3-2-4-19(13-15)25-18-9-7-17(8-10-18)23-21(24)14-26-20-11-5-16(22)6-12-20/h2-13H,14H2,1H3,(H,23,24). The number of carbonyl (C=O) groups is 1. The number of benzene rings is 3. The number of rotatable bonds is 6. The molecule has 0 aliphatic heterocycles. The average molecular weight is 367 g/mol. The molecule has 0 aliphatic carbocycles. The molecule has 1 N–H and O–H groups in total. The largest absolute Gasteiger partial charge is 0.457 e. The molecule has 5 heteroatoms. The third-order valence-electron chi connectivity index (χ3n) is 3.55. The molecule has 0 aliphatic rings. The molecule has 0 saturated carbocycles. The highest BCUT2D eigenvalue weighted by molar-refractivity contribution is 8.00. The molecule has 0 radical (unpaired) electrons. The van der Waals surface area contributed by atoms with Crippen molar-refractivity contribution in [1.29, 1.82) is 0 Å². The van der Waals surface area contributed by atoms with Gasteiger partial charge in [0.2, 0.25) is 5.91 Å². The maximum absolute atomic E-state index is 12.9. The van der Waals surface area contributed by atoms with Gasteiger partial charge in [0.25, 0.3) is 0 Å². The molecule has 3 rings (SSSR count). The zero-order valence-corrected chi connectivity index (χ0v) is 15.1. The minimum Gasteiger partial charge on any atom is -0.457 e. The van der Waals surface area contributed by atoms with Gasteiger partial charge in [-0.2, -0.15) is 0 Å². The number of thioether (sulfide) groups is 1. The van der Waals surface area contributed by atoms with E-state index in [2.05, 4.69) is 5.32 Å². The van der Waals surface area contributed by atoms with E-state index in [1.54, 1.807) is 24.3 Å². The smallest absolute Gasteiger partial charge is 0.234 e. The molecule has 0 spiro atoms. The summed E-state index contributed by atoms with van der Waals surface area (Å²) in [5.74, 6) is 1.33. The van der Waals surface area contributed by atoms with Crippen molar-refractivity contribution in [2.45, 2.75) is 11.8 Å². The van der Waals surface area contributed by atoms with Crippen molar-refractivity contribution >= 4 is 23.4 Å². The Balaban J connectivity index is 1.51. The van der Waals surface area contributed by atoms with Gasteiger partial charge >= 0.3 is 0 Å². The van der Waals surface area contributed by atoms with Gasteiger partial charge in [0, 0.05) is 10.6 Å². The van der Waals surface area contributed by atoms with E-state index in [0.717, 1.165) is 16.2 Å². The first-order valence-corrected chi connectivity index (χ1v) is 9.10. The number of hydrogen-bond acceptors (Lipinski definition) is 3. The summed E-state index contributed by atoms with van der Waals surface area (Å²) in [4.78, 5) is 12.9. The average Bonchev–Trinajstić information content (AvgIpc) is 2.63. The number of halogens is 1. The topological polar surface area (TPSA) is 38.3 Å². The lowest BCUT2D eigenvalue weighted by Crippen LogP contribution is -2.13. The quantitative estimate of drug-likeness (QED) is 0.572. The lowest BCUT2D eigenvalue weighted by molar-refractivity contribution is -0.113. The molecule has 26 heavy (non-hydrogen) atoms. The Morgan fingerprint density at radius 1 is 1.00 bits per heavy atom. The predicted molar refractivity (Wildman–Crippen MR) is 103 cm³/mol. The van der Waals surface area contributed by atoms with E-state index in [-0.39, 0.29) is 17.5 Å². The van der Waals surface area contributed by atoms with Gasteiger partial charge in [-0.3, -0.25) is 4.79 Å². The number of amides is 1. The normalized spacial score (nSPS) is 10.4. The molecule has 3 aromatic rings. The molecule has 132 valence electrons. The van der Waals surface area contributed by atoms with Crippen molar-refractivity contribution in [1.82, 2.24) is 0 Å². The van der Waals surface area contributed by atoms with Crippen LogP contribution in [0, 0.1) is 12.7 Å². The van der Waals surface area contributed by atoms with E-state index < -0.39 is 0 Å². The highest BCUT2D eigenvalue weighted by Crippen LogP contribution is 2.24. The molecule has 1 amide bonds. The third kappa shape index (κ3) is 5.36. The Morgan fingerprint density at radius 2 is 1.73 bits per heavy atom. The second-order valence-electron chi connectivity index (χ2n) is 5.73. The highest BCUT2D eigenvalue weighted by atomic mass is 32.2. The highest BCUT2D eigenvalue weighted by Gasteiger charge is 2.05. The van der Waals surface area contributed by atoms with Crippen molar-refractivity contribution < 1.29 is 13.9 Å². The SMILES string of the molecule is Cc1cccc(Oc2ccc(NC(=O)CSc3ccc(F)cc3)cc2)c1. The van der Waals surface area contributed by atoms with E-state index in [0.29, 0.717) is 11.4 Å². The summed E-state index contributed by atoms with van der Waals surface area (Å²) in [5, 5.41) is 2.83. The fourth-order valence-electron chi connectivity index (χ4n) is 2.30.